The smallest absolute Gasteiger partial charge is 0.263 e. The number of amides is 2. The molecule has 2 amide bonds. The molecule has 38 heavy (non-hydrogen) atoms. The van der Waals surface area contributed by atoms with Crippen LogP contribution in [0.2, 0.25) is 0 Å². The van der Waals surface area contributed by atoms with Crippen molar-refractivity contribution >= 4 is 17.5 Å². The summed E-state index contributed by atoms with van der Waals surface area (Å²) in [5, 5.41) is 0. The molecule has 0 aliphatic carbocycles. The van der Waals surface area contributed by atoms with Gasteiger partial charge in [0.05, 0.1) is 44.7 Å². The monoisotopic (exact) mass is 519 g/mol. The number of hydrogen-bond donors (Lipinski definition) is 0. The Balaban J connectivity index is 1.30. The van der Waals surface area contributed by atoms with Gasteiger partial charge < -0.3 is 19.1 Å². The number of ether oxygens (including phenoxy) is 3. The number of anilines is 1. The molecule has 0 bridgehead atoms. The third kappa shape index (κ3) is 4.65. The minimum absolute atomic E-state index is 0.0962. The van der Waals surface area contributed by atoms with Gasteiger partial charge in [-0.15, -0.1) is 0 Å². The predicted molar refractivity (Wildman–Crippen MR) is 141 cm³/mol. The topological polar surface area (TPSA) is 71.6 Å². The average molecular weight is 520 g/mol. The molecule has 0 N–H and O–H groups in total. The lowest BCUT2D eigenvalue weighted by molar-refractivity contribution is 0.0641. The first kappa shape index (κ1) is 25.5. The predicted octanol–water partition coefficient (Wildman–Crippen LogP) is 3.97. The van der Waals surface area contributed by atoms with Crippen LogP contribution in [0.4, 0.5) is 10.1 Å². The van der Waals surface area contributed by atoms with Gasteiger partial charge in [-0.25, -0.2) is 4.39 Å². The van der Waals surface area contributed by atoms with Crippen LogP contribution >= 0.6 is 0 Å². The number of carbonyl (C=O) groups excluding carboxylic acids is 2. The lowest BCUT2D eigenvalue weighted by Crippen LogP contribution is -2.46. The highest BCUT2D eigenvalue weighted by Crippen LogP contribution is 2.39. The summed E-state index contributed by atoms with van der Waals surface area (Å²) >= 11 is 0. The average Bonchev–Trinajstić information content (AvgIpc) is 3.19. The number of carbonyl (C=O) groups is 2. The molecule has 0 aromatic heterocycles. The second-order valence-corrected chi connectivity index (χ2v) is 9.28. The van der Waals surface area contributed by atoms with Crippen molar-refractivity contribution in [2.24, 2.45) is 0 Å². The van der Waals surface area contributed by atoms with E-state index < -0.39 is 11.7 Å². The lowest BCUT2D eigenvalue weighted by atomic mass is 10.1. The summed E-state index contributed by atoms with van der Waals surface area (Å²) in [5.74, 6) is 0.573. The minimum Gasteiger partial charge on any atom is -0.493 e. The van der Waals surface area contributed by atoms with Gasteiger partial charge in [0.2, 0.25) is 5.75 Å². The fourth-order valence-electron chi connectivity index (χ4n) is 5.15. The Morgan fingerprint density at radius 3 is 2.11 bits per heavy atom. The molecule has 2 aliphatic rings. The van der Waals surface area contributed by atoms with Crippen LogP contribution in [0.15, 0.2) is 54.6 Å². The third-order valence-corrected chi connectivity index (χ3v) is 7.11. The fourth-order valence-corrected chi connectivity index (χ4v) is 5.15. The van der Waals surface area contributed by atoms with E-state index in [4.69, 9.17) is 14.2 Å². The standard InChI is InChI=1S/C29H30FN3O5/c1-36-24-15-19(16-25(37-2)27(24)38-3)17-31-11-13-32(14-12-31)23-10-6-8-21-26(23)29(35)33(28(21)34)18-20-7-4-5-9-22(20)30/h4-10,15-16H,11-14,17-18H2,1-3H3. The number of rotatable bonds is 8. The zero-order chi connectivity index (χ0) is 26.8. The largest absolute Gasteiger partial charge is 0.493 e. The van der Waals surface area contributed by atoms with Crippen molar-refractivity contribution in [1.29, 1.82) is 0 Å². The number of halogens is 1. The zero-order valence-electron chi connectivity index (χ0n) is 21.7. The normalized spacial score (nSPS) is 15.6. The lowest BCUT2D eigenvalue weighted by Gasteiger charge is -2.36. The molecular formula is C29H30FN3O5. The Hall–Kier alpha value is -4.11. The molecule has 0 radical (unpaired) electrons. The minimum atomic E-state index is -0.437. The molecule has 0 spiro atoms. The highest BCUT2D eigenvalue weighted by molar-refractivity contribution is 6.23. The number of hydrogen-bond acceptors (Lipinski definition) is 7. The van der Waals surface area contributed by atoms with Crippen LogP contribution in [0.5, 0.6) is 17.2 Å². The van der Waals surface area contributed by atoms with E-state index in [-0.39, 0.29) is 12.5 Å². The van der Waals surface area contributed by atoms with Gasteiger partial charge >= 0.3 is 0 Å². The van der Waals surface area contributed by atoms with Gasteiger partial charge in [-0.2, -0.15) is 0 Å². The van der Waals surface area contributed by atoms with Crippen LogP contribution in [0.1, 0.15) is 31.8 Å². The molecular weight excluding hydrogens is 489 g/mol. The van der Waals surface area contributed by atoms with Crippen LogP contribution in [0, 0.1) is 5.82 Å². The van der Waals surface area contributed by atoms with Crippen molar-refractivity contribution in [3.63, 3.8) is 0 Å². The number of imide groups is 1. The Kier molecular flexibility index (Phi) is 7.20. The third-order valence-electron chi connectivity index (χ3n) is 7.11. The summed E-state index contributed by atoms with van der Waals surface area (Å²) in [6, 6.07) is 15.4. The first-order valence-corrected chi connectivity index (χ1v) is 12.4. The van der Waals surface area contributed by atoms with Crippen molar-refractivity contribution in [2.45, 2.75) is 13.1 Å². The van der Waals surface area contributed by atoms with E-state index in [0.29, 0.717) is 53.6 Å². The maximum absolute atomic E-state index is 14.2. The highest BCUT2D eigenvalue weighted by atomic mass is 19.1. The van der Waals surface area contributed by atoms with E-state index in [2.05, 4.69) is 9.80 Å². The van der Waals surface area contributed by atoms with Gasteiger partial charge in [0, 0.05) is 38.3 Å². The molecule has 3 aromatic rings. The SMILES string of the molecule is COc1cc(CN2CCN(c3cccc4c3C(=O)N(Cc3ccccc3F)C4=O)CC2)cc(OC)c1OC. The van der Waals surface area contributed by atoms with Crippen LogP contribution in [-0.2, 0) is 13.1 Å². The van der Waals surface area contributed by atoms with Crippen molar-refractivity contribution in [3.05, 3.63) is 82.7 Å². The number of benzene rings is 3. The maximum atomic E-state index is 14.2. The van der Waals surface area contributed by atoms with Gasteiger partial charge in [0.1, 0.15) is 5.82 Å². The van der Waals surface area contributed by atoms with E-state index in [9.17, 15) is 14.0 Å². The van der Waals surface area contributed by atoms with Crippen LogP contribution < -0.4 is 19.1 Å². The summed E-state index contributed by atoms with van der Waals surface area (Å²) in [4.78, 5) is 32.1. The Morgan fingerprint density at radius 2 is 1.47 bits per heavy atom. The van der Waals surface area contributed by atoms with Gasteiger partial charge in [-0.3, -0.25) is 19.4 Å². The van der Waals surface area contributed by atoms with Crippen molar-refractivity contribution in [3.8, 4) is 17.2 Å². The molecule has 8 nitrogen and oxygen atoms in total. The molecule has 5 rings (SSSR count). The summed E-state index contributed by atoms with van der Waals surface area (Å²) < 4.78 is 30.6. The number of nitrogens with zero attached hydrogens (tertiary/aromatic N) is 3. The summed E-state index contributed by atoms with van der Waals surface area (Å²) in [6.45, 7) is 3.51. The molecule has 1 saturated heterocycles. The van der Waals surface area contributed by atoms with Crippen LogP contribution in [0.25, 0.3) is 0 Å². The molecule has 0 atom stereocenters. The zero-order valence-corrected chi connectivity index (χ0v) is 21.7. The Labute approximate surface area is 221 Å². The van der Waals surface area contributed by atoms with Crippen LogP contribution in [-0.4, -0.2) is 69.1 Å². The number of fused-ring (bicyclic) bond motifs is 1. The molecule has 1 fully saturated rings. The van der Waals surface area contributed by atoms with E-state index >= 15 is 0 Å². The summed E-state index contributed by atoms with van der Waals surface area (Å²) in [5.41, 5.74) is 2.85. The Bertz CT molecular complexity index is 1350. The second-order valence-electron chi connectivity index (χ2n) is 9.28. The van der Waals surface area contributed by atoms with Gasteiger partial charge in [0.15, 0.2) is 11.5 Å². The second kappa shape index (κ2) is 10.7. The Morgan fingerprint density at radius 1 is 0.789 bits per heavy atom. The van der Waals surface area contributed by atoms with Gasteiger partial charge in [-0.1, -0.05) is 24.3 Å². The van der Waals surface area contributed by atoms with Gasteiger partial charge in [0.25, 0.3) is 11.8 Å². The summed E-state index contributed by atoms with van der Waals surface area (Å²) in [6.07, 6.45) is 0. The molecule has 0 unspecified atom stereocenters. The van der Waals surface area contributed by atoms with E-state index in [1.165, 1.54) is 6.07 Å². The van der Waals surface area contributed by atoms with E-state index in [0.717, 1.165) is 29.2 Å². The van der Waals surface area contributed by atoms with Crippen molar-refractivity contribution < 1.29 is 28.2 Å². The van der Waals surface area contributed by atoms with Crippen molar-refractivity contribution in [2.75, 3.05) is 52.4 Å². The molecule has 9 heteroatoms. The highest BCUT2D eigenvalue weighted by Gasteiger charge is 2.39. The first-order chi connectivity index (χ1) is 18.4. The van der Waals surface area contributed by atoms with E-state index in [1.54, 1.807) is 51.7 Å². The molecule has 198 valence electrons. The maximum Gasteiger partial charge on any atom is 0.263 e. The number of methoxy groups -OCH3 is 3. The molecule has 0 saturated carbocycles. The molecule has 3 aromatic carbocycles. The summed E-state index contributed by atoms with van der Waals surface area (Å²) in [7, 11) is 4.78. The van der Waals surface area contributed by atoms with Crippen LogP contribution in [0.3, 0.4) is 0 Å². The molecule has 2 aliphatic heterocycles. The van der Waals surface area contributed by atoms with Crippen molar-refractivity contribution in [1.82, 2.24) is 9.80 Å². The quantitative estimate of drug-likeness (QED) is 0.417. The first-order valence-electron chi connectivity index (χ1n) is 12.4. The van der Waals surface area contributed by atoms with E-state index in [1.807, 2.05) is 18.2 Å². The van der Waals surface area contributed by atoms with Gasteiger partial charge in [-0.05, 0) is 35.9 Å². The fraction of sp³-hybridized carbons (Fsp3) is 0.310. The molecule has 2 heterocycles. The number of piperazine rings is 1.